The molecule has 4 nitrogen and oxygen atoms in total. The number of unbranched alkanes of at least 4 members (excludes halogenated alkanes) is 1. The Morgan fingerprint density at radius 3 is 2.82 bits per heavy atom. The van der Waals surface area contributed by atoms with Crippen molar-refractivity contribution in [2.45, 2.75) is 33.6 Å². The van der Waals surface area contributed by atoms with Gasteiger partial charge in [-0.15, -0.1) is 0 Å². The Morgan fingerprint density at radius 1 is 1.23 bits per heavy atom. The van der Waals surface area contributed by atoms with E-state index in [2.05, 4.69) is 11.9 Å². The van der Waals surface area contributed by atoms with Gasteiger partial charge < -0.3 is 9.15 Å². The monoisotopic (exact) mass is 297 g/mol. The van der Waals surface area contributed by atoms with Gasteiger partial charge in [-0.3, -0.25) is 4.79 Å². The predicted octanol–water partition coefficient (Wildman–Crippen LogP) is 4.09. The van der Waals surface area contributed by atoms with Crippen molar-refractivity contribution in [3.8, 4) is 17.2 Å². The molecule has 0 saturated heterocycles. The third-order valence-electron chi connectivity index (χ3n) is 3.79. The molecule has 1 aromatic carbocycles. The summed E-state index contributed by atoms with van der Waals surface area (Å²) < 4.78 is 11.6. The lowest BCUT2D eigenvalue weighted by molar-refractivity contribution is 0.309. The van der Waals surface area contributed by atoms with Gasteiger partial charge in [0.1, 0.15) is 17.0 Å². The van der Waals surface area contributed by atoms with Crippen LogP contribution in [0.15, 0.2) is 33.5 Å². The van der Waals surface area contributed by atoms with Gasteiger partial charge in [-0.05, 0) is 44.0 Å². The molecule has 0 aromatic heterocycles. The molecule has 0 saturated carbocycles. The SMILES string of the molecule is CCCCOc1ccc2oc3c(C)c(=O)cc(C)c-3nc2c1. The molecule has 114 valence electrons. The van der Waals surface area contributed by atoms with Gasteiger partial charge in [-0.2, -0.15) is 0 Å². The first-order valence-corrected chi connectivity index (χ1v) is 7.57. The third-order valence-corrected chi connectivity index (χ3v) is 3.79. The summed E-state index contributed by atoms with van der Waals surface area (Å²) in [6.45, 7) is 6.47. The van der Waals surface area contributed by atoms with E-state index >= 15 is 0 Å². The van der Waals surface area contributed by atoms with Crippen LogP contribution >= 0.6 is 0 Å². The van der Waals surface area contributed by atoms with E-state index in [0.717, 1.165) is 35.4 Å². The first-order chi connectivity index (χ1) is 10.6. The lowest BCUT2D eigenvalue weighted by Gasteiger charge is -2.12. The number of fused-ring (bicyclic) bond motifs is 2. The first-order valence-electron chi connectivity index (χ1n) is 7.57. The lowest BCUT2D eigenvalue weighted by atomic mass is 10.0. The zero-order valence-corrected chi connectivity index (χ0v) is 13.1. The number of nitrogens with zero attached hydrogens (tertiary/aromatic N) is 1. The van der Waals surface area contributed by atoms with Crippen LogP contribution in [0.25, 0.3) is 22.6 Å². The summed E-state index contributed by atoms with van der Waals surface area (Å²) in [5, 5.41) is 0. The van der Waals surface area contributed by atoms with E-state index in [-0.39, 0.29) is 5.43 Å². The van der Waals surface area contributed by atoms with Crippen molar-refractivity contribution in [2.24, 2.45) is 0 Å². The lowest BCUT2D eigenvalue weighted by Crippen LogP contribution is -2.09. The Bertz CT molecular complexity index is 851. The summed E-state index contributed by atoms with van der Waals surface area (Å²) >= 11 is 0. The maximum Gasteiger partial charge on any atom is 0.185 e. The Morgan fingerprint density at radius 2 is 2.05 bits per heavy atom. The fraction of sp³-hybridized carbons (Fsp3) is 0.333. The van der Waals surface area contributed by atoms with Crippen LogP contribution in [-0.2, 0) is 0 Å². The molecule has 0 N–H and O–H groups in total. The van der Waals surface area contributed by atoms with Gasteiger partial charge >= 0.3 is 0 Å². The average Bonchev–Trinajstić information content (AvgIpc) is 2.51. The van der Waals surface area contributed by atoms with Crippen LogP contribution in [0, 0.1) is 13.8 Å². The van der Waals surface area contributed by atoms with Crippen molar-refractivity contribution < 1.29 is 9.15 Å². The van der Waals surface area contributed by atoms with Crippen molar-refractivity contribution in [3.63, 3.8) is 0 Å². The molecule has 0 radical (unpaired) electrons. The molecule has 0 amide bonds. The molecule has 22 heavy (non-hydrogen) atoms. The largest absolute Gasteiger partial charge is 0.494 e. The van der Waals surface area contributed by atoms with Crippen LogP contribution < -0.4 is 10.2 Å². The maximum atomic E-state index is 11.9. The second-order valence-electron chi connectivity index (χ2n) is 5.54. The molecule has 0 atom stereocenters. The van der Waals surface area contributed by atoms with Crippen molar-refractivity contribution in [3.05, 3.63) is 45.6 Å². The van der Waals surface area contributed by atoms with E-state index in [1.54, 1.807) is 13.0 Å². The second-order valence-corrected chi connectivity index (χ2v) is 5.54. The van der Waals surface area contributed by atoms with Crippen LogP contribution in [0.3, 0.4) is 0 Å². The van der Waals surface area contributed by atoms with E-state index in [9.17, 15) is 4.79 Å². The normalized spacial score (nSPS) is 11.2. The summed E-state index contributed by atoms with van der Waals surface area (Å²) in [6.07, 6.45) is 2.12. The Balaban J connectivity index is 2.12. The van der Waals surface area contributed by atoms with E-state index in [4.69, 9.17) is 9.15 Å². The third kappa shape index (κ3) is 2.56. The highest BCUT2D eigenvalue weighted by Crippen LogP contribution is 2.30. The fourth-order valence-corrected chi connectivity index (χ4v) is 2.43. The number of aryl methyl sites for hydroxylation is 1. The highest BCUT2D eigenvalue weighted by atomic mass is 16.5. The number of benzene rings is 2. The van der Waals surface area contributed by atoms with Gasteiger partial charge in [0.15, 0.2) is 16.8 Å². The number of aromatic nitrogens is 1. The summed E-state index contributed by atoms with van der Waals surface area (Å²) in [5.41, 5.74) is 3.53. The smallest absolute Gasteiger partial charge is 0.185 e. The van der Waals surface area contributed by atoms with Gasteiger partial charge in [0.05, 0.1) is 6.61 Å². The minimum absolute atomic E-state index is 0.0191. The molecular weight excluding hydrogens is 278 g/mol. The average molecular weight is 297 g/mol. The highest BCUT2D eigenvalue weighted by Gasteiger charge is 2.17. The predicted molar refractivity (Wildman–Crippen MR) is 86.8 cm³/mol. The molecule has 0 bridgehead atoms. The molecule has 0 unspecified atom stereocenters. The molecule has 1 heterocycles. The van der Waals surface area contributed by atoms with Crippen LogP contribution in [-0.4, -0.2) is 11.6 Å². The van der Waals surface area contributed by atoms with Gasteiger partial charge in [0.2, 0.25) is 0 Å². The topological polar surface area (TPSA) is 52.3 Å². The molecule has 1 aliphatic carbocycles. The first kappa shape index (κ1) is 14.6. The van der Waals surface area contributed by atoms with E-state index in [1.165, 1.54) is 0 Å². The molecule has 4 heteroatoms. The Labute approximate surface area is 129 Å². The zero-order chi connectivity index (χ0) is 15.7. The molecule has 0 fully saturated rings. The van der Waals surface area contributed by atoms with Crippen LogP contribution in [0.2, 0.25) is 0 Å². The molecule has 1 aromatic rings. The van der Waals surface area contributed by atoms with Crippen LogP contribution in [0.5, 0.6) is 5.75 Å². The molecule has 0 spiro atoms. The van der Waals surface area contributed by atoms with Crippen molar-refractivity contribution in [1.82, 2.24) is 4.98 Å². The summed E-state index contributed by atoms with van der Waals surface area (Å²) in [5.74, 6) is 1.36. The number of rotatable bonds is 4. The van der Waals surface area contributed by atoms with Crippen molar-refractivity contribution >= 4 is 11.1 Å². The van der Waals surface area contributed by atoms with Gasteiger partial charge in [0, 0.05) is 11.6 Å². The number of ether oxygens (including phenoxy) is 1. The minimum Gasteiger partial charge on any atom is -0.494 e. The molecule has 1 aliphatic heterocycles. The summed E-state index contributed by atoms with van der Waals surface area (Å²) in [7, 11) is 0. The second kappa shape index (κ2) is 5.79. The number of hydrogen-bond donors (Lipinski definition) is 0. The van der Waals surface area contributed by atoms with E-state index < -0.39 is 0 Å². The molecular formula is C18H19NO3. The van der Waals surface area contributed by atoms with E-state index in [1.807, 2.05) is 25.1 Å². The standard InChI is InChI=1S/C18H19NO3/c1-4-5-8-21-13-6-7-16-14(10-13)19-17-11(2)9-15(20)12(3)18(17)22-16/h6-7,9-10H,4-5,8H2,1-3H3. The fourth-order valence-electron chi connectivity index (χ4n) is 2.43. The number of hydrogen-bond acceptors (Lipinski definition) is 4. The van der Waals surface area contributed by atoms with Crippen LogP contribution in [0.4, 0.5) is 0 Å². The maximum absolute atomic E-state index is 11.9. The summed E-state index contributed by atoms with van der Waals surface area (Å²) in [4.78, 5) is 16.5. The minimum atomic E-state index is -0.0191. The highest BCUT2D eigenvalue weighted by molar-refractivity contribution is 5.79. The van der Waals surface area contributed by atoms with Crippen LogP contribution in [0.1, 0.15) is 30.9 Å². The van der Waals surface area contributed by atoms with Gasteiger partial charge in [0.25, 0.3) is 0 Å². The Kier molecular flexibility index (Phi) is 3.84. The van der Waals surface area contributed by atoms with Gasteiger partial charge in [-0.25, -0.2) is 4.98 Å². The Hall–Kier alpha value is -2.36. The van der Waals surface area contributed by atoms with Gasteiger partial charge in [-0.1, -0.05) is 13.3 Å². The van der Waals surface area contributed by atoms with Crippen molar-refractivity contribution in [2.75, 3.05) is 6.61 Å². The molecule has 2 aliphatic rings. The quantitative estimate of drug-likeness (QED) is 0.537. The summed E-state index contributed by atoms with van der Waals surface area (Å²) in [6, 6.07) is 7.20. The van der Waals surface area contributed by atoms with E-state index in [0.29, 0.717) is 23.5 Å². The van der Waals surface area contributed by atoms with Crippen molar-refractivity contribution in [1.29, 1.82) is 0 Å². The molecule has 3 rings (SSSR count). The zero-order valence-electron chi connectivity index (χ0n) is 13.1.